The molecule has 1 saturated heterocycles. The van der Waals surface area contributed by atoms with Crippen LogP contribution < -0.4 is 0 Å². The van der Waals surface area contributed by atoms with Crippen molar-refractivity contribution >= 4 is 33.8 Å². The molecule has 2 aromatic heterocycles. The van der Waals surface area contributed by atoms with E-state index in [1.807, 2.05) is 33.9 Å². The molecule has 0 bridgehead atoms. The van der Waals surface area contributed by atoms with Crippen LogP contribution in [0.2, 0.25) is 0 Å². The second-order valence-electron chi connectivity index (χ2n) is 4.03. The Labute approximate surface area is 102 Å². The van der Waals surface area contributed by atoms with Crippen LogP contribution in [0, 0.1) is 5.92 Å². The van der Waals surface area contributed by atoms with Crippen LogP contribution in [0.3, 0.4) is 0 Å². The van der Waals surface area contributed by atoms with Gasteiger partial charge in [0.05, 0.1) is 12.1 Å². The number of thiazole rings is 1. The lowest BCUT2D eigenvalue weighted by Crippen LogP contribution is -2.16. The number of fused-ring (bicyclic) bond motifs is 1. The molecule has 0 aliphatic carbocycles. The summed E-state index contributed by atoms with van der Waals surface area (Å²) in [4.78, 5) is 17.4. The minimum Gasteiger partial charge on any atom is -0.299 e. The quantitative estimate of drug-likeness (QED) is 0.840. The molecule has 0 spiro atoms. The van der Waals surface area contributed by atoms with E-state index < -0.39 is 0 Å². The van der Waals surface area contributed by atoms with Gasteiger partial charge in [-0.05, 0) is 12.2 Å². The molecule has 1 atom stereocenters. The lowest BCUT2D eigenvalue weighted by molar-refractivity contribution is -0.121. The molecule has 3 nitrogen and oxygen atoms in total. The van der Waals surface area contributed by atoms with Gasteiger partial charge in [0.25, 0.3) is 0 Å². The summed E-state index contributed by atoms with van der Waals surface area (Å²) in [7, 11) is 0. The number of hydrogen-bond donors (Lipinski definition) is 0. The third-order valence-electron chi connectivity index (χ3n) is 2.88. The number of nitrogens with zero attached hydrogens (tertiary/aromatic N) is 2. The topological polar surface area (TPSA) is 34.4 Å². The van der Waals surface area contributed by atoms with Crippen LogP contribution in [0.4, 0.5) is 0 Å². The number of rotatable bonds is 3. The molecule has 3 rings (SSSR count). The number of carbonyl (C=O) groups excluding carboxylic acids is 1. The van der Waals surface area contributed by atoms with Crippen LogP contribution in [0.15, 0.2) is 17.8 Å². The molecule has 0 aromatic carbocycles. The predicted octanol–water partition coefficient (Wildman–Crippen LogP) is 2.26. The molecule has 0 amide bonds. The Bertz CT molecular complexity index is 482. The van der Waals surface area contributed by atoms with Crippen LogP contribution in [0.1, 0.15) is 12.1 Å². The van der Waals surface area contributed by atoms with Crippen LogP contribution >= 0.6 is 23.1 Å². The van der Waals surface area contributed by atoms with Crippen molar-refractivity contribution in [1.82, 2.24) is 9.38 Å². The SMILES string of the molecule is O=C(Cc1cn2ccsc2n1)C1CCSC1. The van der Waals surface area contributed by atoms with E-state index in [-0.39, 0.29) is 5.92 Å². The molecule has 1 fully saturated rings. The average Bonchev–Trinajstić information content (AvgIpc) is 2.91. The Morgan fingerprint density at radius 2 is 2.56 bits per heavy atom. The lowest BCUT2D eigenvalue weighted by Gasteiger charge is -2.04. The van der Waals surface area contributed by atoms with Gasteiger partial charge < -0.3 is 0 Å². The predicted molar refractivity (Wildman–Crippen MR) is 67.2 cm³/mol. The van der Waals surface area contributed by atoms with Gasteiger partial charge in [-0.2, -0.15) is 11.8 Å². The summed E-state index contributed by atoms with van der Waals surface area (Å²) < 4.78 is 1.98. The van der Waals surface area contributed by atoms with Gasteiger partial charge in [0.1, 0.15) is 5.78 Å². The van der Waals surface area contributed by atoms with Gasteiger partial charge >= 0.3 is 0 Å². The smallest absolute Gasteiger partial charge is 0.193 e. The largest absolute Gasteiger partial charge is 0.299 e. The van der Waals surface area contributed by atoms with E-state index in [2.05, 4.69) is 4.98 Å². The third-order valence-corrected chi connectivity index (χ3v) is 4.82. The van der Waals surface area contributed by atoms with Crippen LogP contribution in [-0.4, -0.2) is 26.7 Å². The number of Topliss-reactive ketones (excluding diaryl/α,β-unsaturated/α-hetero) is 1. The second kappa shape index (κ2) is 4.22. The van der Waals surface area contributed by atoms with E-state index in [1.165, 1.54) is 0 Å². The Morgan fingerprint density at radius 1 is 1.62 bits per heavy atom. The zero-order valence-corrected chi connectivity index (χ0v) is 10.4. The van der Waals surface area contributed by atoms with Crippen molar-refractivity contribution in [1.29, 1.82) is 0 Å². The minimum absolute atomic E-state index is 0.268. The van der Waals surface area contributed by atoms with Crippen molar-refractivity contribution in [2.45, 2.75) is 12.8 Å². The Morgan fingerprint density at radius 3 is 3.31 bits per heavy atom. The molecule has 0 N–H and O–H groups in total. The number of carbonyl (C=O) groups is 1. The van der Waals surface area contributed by atoms with Crippen molar-refractivity contribution in [2.24, 2.45) is 5.92 Å². The maximum absolute atomic E-state index is 12.0. The summed E-state index contributed by atoms with van der Waals surface area (Å²) in [6.45, 7) is 0. The van der Waals surface area contributed by atoms with Gasteiger partial charge in [0, 0.05) is 29.4 Å². The lowest BCUT2D eigenvalue weighted by atomic mass is 10.0. The zero-order valence-electron chi connectivity index (χ0n) is 8.76. The normalized spacial score (nSPS) is 20.6. The number of imidazole rings is 1. The van der Waals surface area contributed by atoms with E-state index in [0.717, 1.165) is 28.6 Å². The molecular weight excluding hydrogens is 240 g/mol. The number of thioether (sulfide) groups is 1. The molecule has 2 aromatic rings. The maximum atomic E-state index is 12.0. The highest BCUT2D eigenvalue weighted by Gasteiger charge is 2.23. The van der Waals surface area contributed by atoms with E-state index in [0.29, 0.717) is 12.2 Å². The first-order valence-electron chi connectivity index (χ1n) is 5.34. The monoisotopic (exact) mass is 252 g/mol. The first-order valence-corrected chi connectivity index (χ1v) is 7.38. The number of ketones is 1. The molecule has 3 heterocycles. The Kier molecular flexibility index (Phi) is 2.73. The summed E-state index contributed by atoms with van der Waals surface area (Å²) in [5.74, 6) is 2.76. The molecule has 0 saturated carbocycles. The minimum atomic E-state index is 0.268. The van der Waals surface area contributed by atoms with Crippen LogP contribution in [0.5, 0.6) is 0 Å². The fourth-order valence-electron chi connectivity index (χ4n) is 1.97. The van der Waals surface area contributed by atoms with Gasteiger partial charge in [0.2, 0.25) is 0 Å². The highest BCUT2D eigenvalue weighted by atomic mass is 32.2. The first kappa shape index (κ1) is 10.4. The Balaban J connectivity index is 1.74. The molecule has 1 unspecified atom stereocenters. The van der Waals surface area contributed by atoms with Gasteiger partial charge in [-0.25, -0.2) is 4.98 Å². The summed E-state index contributed by atoms with van der Waals surface area (Å²) in [5.41, 5.74) is 0.911. The molecule has 1 aliphatic heterocycles. The van der Waals surface area contributed by atoms with Crippen molar-refractivity contribution in [3.63, 3.8) is 0 Å². The van der Waals surface area contributed by atoms with Crippen molar-refractivity contribution in [2.75, 3.05) is 11.5 Å². The fourth-order valence-corrected chi connectivity index (χ4v) is 3.95. The summed E-state index contributed by atoms with van der Waals surface area (Å²) >= 11 is 3.49. The van der Waals surface area contributed by atoms with E-state index in [4.69, 9.17) is 0 Å². The standard InChI is InChI=1S/C11H12N2OS2/c14-10(8-1-3-15-7-8)5-9-6-13-2-4-16-11(13)12-9/h2,4,6,8H,1,3,5,7H2. The second-order valence-corrected chi connectivity index (χ2v) is 6.05. The molecule has 5 heteroatoms. The molecule has 1 aliphatic rings. The highest BCUT2D eigenvalue weighted by molar-refractivity contribution is 7.99. The fraction of sp³-hybridized carbons (Fsp3) is 0.455. The van der Waals surface area contributed by atoms with Gasteiger partial charge in [-0.3, -0.25) is 9.20 Å². The summed E-state index contributed by atoms with van der Waals surface area (Å²) in [6, 6.07) is 0. The molecule has 0 radical (unpaired) electrons. The van der Waals surface area contributed by atoms with Crippen molar-refractivity contribution < 1.29 is 4.79 Å². The molecule has 84 valence electrons. The first-order chi connectivity index (χ1) is 7.83. The molecular formula is C11H12N2OS2. The van der Waals surface area contributed by atoms with Gasteiger partial charge in [-0.1, -0.05) is 0 Å². The summed E-state index contributed by atoms with van der Waals surface area (Å²) in [6.07, 6.45) is 5.49. The third kappa shape index (κ3) is 1.89. The molecule has 16 heavy (non-hydrogen) atoms. The van der Waals surface area contributed by atoms with Crippen molar-refractivity contribution in [3.8, 4) is 0 Å². The van der Waals surface area contributed by atoms with Gasteiger partial charge in [0.15, 0.2) is 4.96 Å². The zero-order chi connectivity index (χ0) is 11.0. The van der Waals surface area contributed by atoms with Gasteiger partial charge in [-0.15, -0.1) is 11.3 Å². The maximum Gasteiger partial charge on any atom is 0.193 e. The summed E-state index contributed by atoms with van der Waals surface area (Å²) in [5, 5.41) is 2.00. The number of aromatic nitrogens is 2. The Hall–Kier alpha value is -0.810. The van der Waals surface area contributed by atoms with Crippen LogP contribution in [0.25, 0.3) is 4.96 Å². The highest BCUT2D eigenvalue weighted by Crippen LogP contribution is 2.25. The van der Waals surface area contributed by atoms with Crippen LogP contribution in [-0.2, 0) is 11.2 Å². The average molecular weight is 252 g/mol. The van der Waals surface area contributed by atoms with E-state index >= 15 is 0 Å². The number of hydrogen-bond acceptors (Lipinski definition) is 4. The van der Waals surface area contributed by atoms with E-state index in [1.54, 1.807) is 11.3 Å². The van der Waals surface area contributed by atoms with Crippen molar-refractivity contribution in [3.05, 3.63) is 23.5 Å². The van der Waals surface area contributed by atoms with E-state index in [9.17, 15) is 4.79 Å².